The number of halogens is 1. The third kappa shape index (κ3) is 3.97. The number of nitrogens with one attached hydrogen (secondary N) is 1. The normalized spacial score (nSPS) is 12.1. The Kier molecular flexibility index (Phi) is 5.25. The molecular formula is C21H20ClN5OS. The number of nitrogens with zero attached hydrogens (tertiary/aromatic N) is 4. The van der Waals surface area contributed by atoms with Crippen LogP contribution in [0.5, 0.6) is 0 Å². The minimum Gasteiger partial charge on any atom is -0.346 e. The lowest BCUT2D eigenvalue weighted by Gasteiger charge is -2.19. The van der Waals surface area contributed by atoms with E-state index in [9.17, 15) is 4.79 Å². The molecule has 1 aromatic carbocycles. The highest BCUT2D eigenvalue weighted by atomic mass is 35.5. The summed E-state index contributed by atoms with van der Waals surface area (Å²) in [4.78, 5) is 22.1. The van der Waals surface area contributed by atoms with E-state index in [1.165, 1.54) is 0 Å². The molecule has 148 valence electrons. The van der Waals surface area contributed by atoms with Crippen molar-refractivity contribution in [2.45, 2.75) is 13.0 Å². The second-order valence-corrected chi connectivity index (χ2v) is 8.33. The molecule has 0 aliphatic heterocycles. The van der Waals surface area contributed by atoms with Gasteiger partial charge in [0.25, 0.3) is 5.91 Å². The van der Waals surface area contributed by atoms with E-state index in [1.54, 1.807) is 17.5 Å². The lowest BCUT2D eigenvalue weighted by molar-refractivity contribution is 0.0933. The van der Waals surface area contributed by atoms with Gasteiger partial charge in [-0.15, -0.1) is 11.3 Å². The number of rotatable bonds is 5. The molecule has 4 aromatic rings. The summed E-state index contributed by atoms with van der Waals surface area (Å²) >= 11 is 7.63. The van der Waals surface area contributed by atoms with Crippen LogP contribution < -0.4 is 5.32 Å². The van der Waals surface area contributed by atoms with Gasteiger partial charge in [0.1, 0.15) is 17.6 Å². The molecule has 6 nitrogen and oxygen atoms in total. The number of imidazole rings is 1. The topological polar surface area (TPSA) is 64.7 Å². The van der Waals surface area contributed by atoms with Crippen LogP contribution in [0.4, 0.5) is 0 Å². The van der Waals surface area contributed by atoms with Gasteiger partial charge in [0.15, 0.2) is 0 Å². The molecule has 8 heteroatoms. The van der Waals surface area contributed by atoms with Gasteiger partial charge in [-0.3, -0.25) is 4.79 Å². The first-order valence-corrected chi connectivity index (χ1v) is 10.3. The van der Waals surface area contributed by atoms with Gasteiger partial charge in [-0.25, -0.2) is 9.97 Å². The number of hydrogen-bond donors (Lipinski definition) is 1. The van der Waals surface area contributed by atoms with Crippen LogP contribution in [0.3, 0.4) is 0 Å². The fraction of sp³-hybridized carbons (Fsp3) is 0.190. The molecule has 0 fully saturated rings. The van der Waals surface area contributed by atoms with Crippen molar-refractivity contribution in [2.24, 2.45) is 14.1 Å². The zero-order valence-corrected chi connectivity index (χ0v) is 17.8. The molecular weight excluding hydrogens is 406 g/mol. The summed E-state index contributed by atoms with van der Waals surface area (Å²) in [6, 6.07) is 8.88. The van der Waals surface area contributed by atoms with Gasteiger partial charge in [-0.1, -0.05) is 23.7 Å². The van der Waals surface area contributed by atoms with Crippen molar-refractivity contribution in [2.75, 3.05) is 0 Å². The van der Waals surface area contributed by atoms with Gasteiger partial charge < -0.3 is 14.5 Å². The molecule has 0 saturated carbocycles. The minimum atomic E-state index is -0.403. The minimum absolute atomic E-state index is 0.186. The van der Waals surface area contributed by atoms with Crippen molar-refractivity contribution in [3.8, 4) is 11.3 Å². The summed E-state index contributed by atoms with van der Waals surface area (Å²) in [6.45, 7) is 1.97. The van der Waals surface area contributed by atoms with Crippen molar-refractivity contribution in [1.29, 1.82) is 0 Å². The molecule has 1 atom stereocenters. The highest BCUT2D eigenvalue weighted by Gasteiger charge is 2.23. The molecule has 3 heterocycles. The molecule has 3 aromatic heterocycles. The van der Waals surface area contributed by atoms with E-state index in [0.717, 1.165) is 27.7 Å². The van der Waals surface area contributed by atoms with Crippen LogP contribution in [-0.2, 0) is 14.1 Å². The Labute approximate surface area is 177 Å². The summed E-state index contributed by atoms with van der Waals surface area (Å²) in [7, 11) is 3.76. The second kappa shape index (κ2) is 7.85. The summed E-state index contributed by atoms with van der Waals surface area (Å²) in [5, 5.41) is 6.75. The van der Waals surface area contributed by atoms with E-state index in [2.05, 4.69) is 15.3 Å². The van der Waals surface area contributed by atoms with Gasteiger partial charge in [0.2, 0.25) is 0 Å². The SMILES string of the molecule is Cc1nc(-c2cc(C(=O)N[C@H](c3ccc(Cl)cc3)c3nccn3C)n(C)c2)cs1. The van der Waals surface area contributed by atoms with Crippen LogP contribution in [0.25, 0.3) is 11.3 Å². The monoisotopic (exact) mass is 425 g/mol. The molecule has 0 aliphatic carbocycles. The molecule has 0 unspecified atom stereocenters. The highest BCUT2D eigenvalue weighted by molar-refractivity contribution is 7.09. The predicted molar refractivity (Wildman–Crippen MR) is 115 cm³/mol. The van der Waals surface area contributed by atoms with E-state index in [0.29, 0.717) is 10.7 Å². The smallest absolute Gasteiger partial charge is 0.268 e. The summed E-state index contributed by atoms with van der Waals surface area (Å²) < 4.78 is 3.71. The fourth-order valence-electron chi connectivity index (χ4n) is 3.24. The number of aryl methyl sites for hydroxylation is 3. The third-order valence-electron chi connectivity index (χ3n) is 4.75. The maximum Gasteiger partial charge on any atom is 0.268 e. The van der Waals surface area contributed by atoms with Crippen LogP contribution in [0.15, 0.2) is 54.3 Å². The molecule has 1 N–H and O–H groups in total. The summed E-state index contributed by atoms with van der Waals surface area (Å²) in [6.07, 6.45) is 5.49. The maximum atomic E-state index is 13.2. The number of amides is 1. The number of hydrogen-bond acceptors (Lipinski definition) is 4. The number of aromatic nitrogens is 4. The first-order chi connectivity index (χ1) is 13.9. The van der Waals surface area contributed by atoms with E-state index < -0.39 is 6.04 Å². The van der Waals surface area contributed by atoms with Crippen molar-refractivity contribution in [1.82, 2.24) is 24.4 Å². The number of carbonyl (C=O) groups is 1. The van der Waals surface area contributed by atoms with Crippen LogP contribution in [0, 0.1) is 6.92 Å². The first-order valence-electron chi connectivity index (χ1n) is 9.05. The van der Waals surface area contributed by atoms with E-state index in [-0.39, 0.29) is 5.91 Å². The van der Waals surface area contributed by atoms with Gasteiger partial charge in [0, 0.05) is 48.7 Å². The Morgan fingerprint density at radius 1 is 1.21 bits per heavy atom. The summed E-state index contributed by atoms with van der Waals surface area (Å²) in [5.74, 6) is 0.555. The number of thiazole rings is 1. The molecule has 1 amide bonds. The lowest BCUT2D eigenvalue weighted by atomic mass is 10.1. The largest absolute Gasteiger partial charge is 0.346 e. The van der Waals surface area contributed by atoms with Crippen molar-refractivity contribution >= 4 is 28.8 Å². The van der Waals surface area contributed by atoms with Gasteiger partial charge in [-0.2, -0.15) is 0 Å². The lowest BCUT2D eigenvalue weighted by Crippen LogP contribution is -2.32. The first kappa shape index (κ1) is 19.4. The van der Waals surface area contributed by atoms with E-state index in [4.69, 9.17) is 11.6 Å². The summed E-state index contributed by atoms with van der Waals surface area (Å²) in [5.41, 5.74) is 3.25. The fourth-order valence-corrected chi connectivity index (χ4v) is 3.99. The molecule has 0 radical (unpaired) electrons. The zero-order valence-electron chi connectivity index (χ0n) is 16.3. The average molecular weight is 426 g/mol. The Morgan fingerprint density at radius 3 is 2.59 bits per heavy atom. The Bertz CT molecular complexity index is 1160. The van der Waals surface area contributed by atoms with Gasteiger partial charge in [-0.05, 0) is 30.7 Å². The van der Waals surface area contributed by atoms with E-state index in [1.807, 2.05) is 78.3 Å². The Morgan fingerprint density at radius 2 is 1.97 bits per heavy atom. The zero-order chi connectivity index (χ0) is 20.5. The van der Waals surface area contributed by atoms with Gasteiger partial charge in [0.05, 0.1) is 10.7 Å². The average Bonchev–Trinajstić information content (AvgIpc) is 3.40. The van der Waals surface area contributed by atoms with Crippen LogP contribution in [0.1, 0.15) is 32.9 Å². The standard InChI is InChI=1S/C21H20ClN5OS/c1-13-24-17(12-29-13)15-10-18(27(3)11-15)21(28)25-19(20-23-8-9-26(20)2)14-4-6-16(22)7-5-14/h4-12,19H,1-3H3,(H,25,28)/t19-/m1/s1. The maximum absolute atomic E-state index is 13.2. The molecule has 0 saturated heterocycles. The Hall–Kier alpha value is -2.90. The Balaban J connectivity index is 1.66. The highest BCUT2D eigenvalue weighted by Crippen LogP contribution is 2.26. The van der Waals surface area contributed by atoms with E-state index >= 15 is 0 Å². The molecule has 0 bridgehead atoms. The van der Waals surface area contributed by atoms with Crippen LogP contribution in [-0.4, -0.2) is 25.0 Å². The molecule has 29 heavy (non-hydrogen) atoms. The molecule has 0 spiro atoms. The van der Waals surface area contributed by atoms with Crippen molar-refractivity contribution < 1.29 is 4.79 Å². The number of carbonyl (C=O) groups excluding carboxylic acids is 1. The van der Waals surface area contributed by atoms with Crippen LogP contribution in [0.2, 0.25) is 5.02 Å². The quantitative estimate of drug-likeness (QED) is 0.516. The molecule has 0 aliphatic rings. The molecule has 4 rings (SSSR count). The van der Waals surface area contributed by atoms with Crippen LogP contribution >= 0.6 is 22.9 Å². The third-order valence-corrected chi connectivity index (χ3v) is 5.77. The van der Waals surface area contributed by atoms with Crippen molar-refractivity contribution in [3.05, 3.63) is 81.4 Å². The number of benzene rings is 1. The predicted octanol–water partition coefficient (Wildman–Crippen LogP) is 4.36. The van der Waals surface area contributed by atoms with Gasteiger partial charge >= 0.3 is 0 Å². The van der Waals surface area contributed by atoms with Crippen molar-refractivity contribution in [3.63, 3.8) is 0 Å². The second-order valence-electron chi connectivity index (χ2n) is 6.83.